The van der Waals surface area contributed by atoms with E-state index in [9.17, 15) is 4.79 Å². The molecule has 2 rings (SSSR count). The van der Waals surface area contributed by atoms with E-state index in [0.717, 1.165) is 13.0 Å². The van der Waals surface area contributed by atoms with E-state index in [4.69, 9.17) is 4.74 Å². The van der Waals surface area contributed by atoms with Crippen LogP contribution in [0.1, 0.15) is 57.7 Å². The Bertz CT molecular complexity index is 525. The van der Waals surface area contributed by atoms with Gasteiger partial charge in [0.15, 0.2) is 0 Å². The summed E-state index contributed by atoms with van der Waals surface area (Å²) in [6, 6.07) is 4.95. The number of carbonyl (C=O) groups is 1. The van der Waals surface area contributed by atoms with Crippen LogP contribution < -0.4 is 10.6 Å². The quantitative estimate of drug-likeness (QED) is 0.885. The zero-order chi connectivity index (χ0) is 16.5. The number of hydrogen-bond donors (Lipinski definition) is 2. The molecule has 5 heteroatoms. The summed E-state index contributed by atoms with van der Waals surface area (Å²) >= 11 is 1.86. The molecule has 1 aromatic rings. The lowest BCUT2D eigenvalue weighted by Gasteiger charge is -2.19. The molecule has 2 N–H and O–H groups in total. The van der Waals surface area contributed by atoms with Crippen LogP contribution in [0.5, 0.6) is 0 Å². The largest absolute Gasteiger partial charge is 0.444 e. The highest BCUT2D eigenvalue weighted by Crippen LogP contribution is 2.30. The van der Waals surface area contributed by atoms with E-state index in [0.29, 0.717) is 6.04 Å². The molecule has 0 aliphatic heterocycles. The van der Waals surface area contributed by atoms with E-state index in [-0.39, 0.29) is 17.6 Å². The first-order valence-electron chi connectivity index (χ1n) is 7.87. The van der Waals surface area contributed by atoms with Gasteiger partial charge in [-0.2, -0.15) is 0 Å². The predicted octanol–water partition coefficient (Wildman–Crippen LogP) is 3.80. The molecule has 1 amide bonds. The molecule has 0 bridgehead atoms. The minimum absolute atomic E-state index is 0.192. The van der Waals surface area contributed by atoms with Crippen molar-refractivity contribution in [3.63, 3.8) is 0 Å². The van der Waals surface area contributed by atoms with Crippen LogP contribution in [0, 0.1) is 0 Å². The van der Waals surface area contributed by atoms with Gasteiger partial charge in [0.1, 0.15) is 5.60 Å². The second-order valence-corrected chi connectivity index (χ2v) is 9.16. The second-order valence-electron chi connectivity index (χ2n) is 7.99. The number of ether oxygens (including phenoxy) is 1. The average molecular weight is 324 g/mol. The Morgan fingerprint density at radius 2 is 1.91 bits per heavy atom. The molecular weight excluding hydrogens is 296 g/mol. The monoisotopic (exact) mass is 324 g/mol. The first-order valence-corrected chi connectivity index (χ1v) is 8.68. The van der Waals surface area contributed by atoms with Gasteiger partial charge in [0, 0.05) is 28.4 Å². The predicted molar refractivity (Wildman–Crippen MR) is 91.4 cm³/mol. The van der Waals surface area contributed by atoms with Gasteiger partial charge in [-0.3, -0.25) is 0 Å². The minimum Gasteiger partial charge on any atom is -0.444 e. The summed E-state index contributed by atoms with van der Waals surface area (Å²) in [4.78, 5) is 14.4. The molecule has 0 aromatic carbocycles. The van der Waals surface area contributed by atoms with E-state index >= 15 is 0 Å². The maximum Gasteiger partial charge on any atom is 0.407 e. The van der Waals surface area contributed by atoms with Gasteiger partial charge in [-0.1, -0.05) is 20.8 Å². The summed E-state index contributed by atoms with van der Waals surface area (Å²) in [7, 11) is 0. The summed E-state index contributed by atoms with van der Waals surface area (Å²) in [5.74, 6) is 0. The SMILES string of the molecule is CC(C)(C)OC(=O)NC1CC1NCc1ccc(C(C)(C)C)s1. The van der Waals surface area contributed by atoms with E-state index in [1.165, 1.54) is 9.75 Å². The lowest BCUT2D eigenvalue weighted by Crippen LogP contribution is -2.36. The highest BCUT2D eigenvalue weighted by Gasteiger charge is 2.38. The van der Waals surface area contributed by atoms with Crippen LogP contribution in [0.4, 0.5) is 4.79 Å². The third-order valence-corrected chi connectivity index (χ3v) is 4.94. The Balaban J connectivity index is 1.72. The van der Waals surface area contributed by atoms with Crippen LogP contribution in [0.15, 0.2) is 12.1 Å². The molecule has 1 aliphatic carbocycles. The molecule has 1 fully saturated rings. The second kappa shape index (κ2) is 6.20. The molecule has 1 aromatic heterocycles. The zero-order valence-corrected chi connectivity index (χ0v) is 15.3. The standard InChI is InChI=1S/C17H28N2O2S/c1-16(2,3)14-8-7-11(22-14)10-18-12-9-13(12)19-15(20)21-17(4,5)6/h7-8,12-13,18H,9-10H2,1-6H3,(H,19,20). The minimum atomic E-state index is -0.442. The van der Waals surface area contributed by atoms with Crippen LogP contribution in [-0.4, -0.2) is 23.8 Å². The van der Waals surface area contributed by atoms with Crippen molar-refractivity contribution in [1.82, 2.24) is 10.6 Å². The fraction of sp³-hybridized carbons (Fsp3) is 0.706. The summed E-state index contributed by atoms with van der Waals surface area (Å²) in [5, 5.41) is 6.40. The summed E-state index contributed by atoms with van der Waals surface area (Å²) in [6.07, 6.45) is 0.643. The van der Waals surface area contributed by atoms with Crippen molar-refractivity contribution in [2.75, 3.05) is 0 Å². The molecule has 0 saturated heterocycles. The molecule has 124 valence electrons. The third kappa shape index (κ3) is 5.29. The molecular formula is C17H28N2O2S. The number of carbonyl (C=O) groups excluding carboxylic acids is 1. The molecule has 1 aliphatic rings. The van der Waals surface area contributed by atoms with Crippen molar-refractivity contribution in [2.24, 2.45) is 0 Å². The van der Waals surface area contributed by atoms with Gasteiger partial charge < -0.3 is 15.4 Å². The summed E-state index contributed by atoms with van der Waals surface area (Å²) < 4.78 is 5.26. The zero-order valence-electron chi connectivity index (χ0n) is 14.4. The number of hydrogen-bond acceptors (Lipinski definition) is 4. The maximum atomic E-state index is 11.7. The fourth-order valence-corrected chi connectivity index (χ4v) is 3.16. The number of alkyl carbamates (subject to hydrolysis) is 1. The normalized spacial score (nSPS) is 21.5. The fourth-order valence-electron chi connectivity index (χ4n) is 2.15. The van der Waals surface area contributed by atoms with Gasteiger partial charge in [-0.05, 0) is 44.7 Å². The molecule has 1 heterocycles. The van der Waals surface area contributed by atoms with Gasteiger partial charge in [0.05, 0.1) is 0 Å². The number of amides is 1. The number of thiophene rings is 1. The van der Waals surface area contributed by atoms with Gasteiger partial charge in [-0.25, -0.2) is 4.79 Å². The van der Waals surface area contributed by atoms with Crippen LogP contribution in [0.2, 0.25) is 0 Å². The van der Waals surface area contributed by atoms with Crippen molar-refractivity contribution in [1.29, 1.82) is 0 Å². The van der Waals surface area contributed by atoms with E-state index < -0.39 is 5.60 Å². The molecule has 0 radical (unpaired) electrons. The van der Waals surface area contributed by atoms with Gasteiger partial charge >= 0.3 is 6.09 Å². The third-order valence-electron chi connectivity index (χ3n) is 3.43. The molecule has 1 saturated carbocycles. The van der Waals surface area contributed by atoms with Gasteiger partial charge in [-0.15, -0.1) is 11.3 Å². The molecule has 2 unspecified atom stereocenters. The molecule has 22 heavy (non-hydrogen) atoms. The van der Waals surface area contributed by atoms with Gasteiger partial charge in [0.2, 0.25) is 0 Å². The van der Waals surface area contributed by atoms with Crippen molar-refractivity contribution in [3.05, 3.63) is 21.9 Å². The lowest BCUT2D eigenvalue weighted by molar-refractivity contribution is 0.0522. The number of nitrogens with one attached hydrogen (secondary N) is 2. The maximum absolute atomic E-state index is 11.7. The van der Waals surface area contributed by atoms with E-state index in [1.807, 2.05) is 32.1 Å². The van der Waals surface area contributed by atoms with Crippen LogP contribution in [-0.2, 0) is 16.7 Å². The van der Waals surface area contributed by atoms with Crippen molar-refractivity contribution >= 4 is 17.4 Å². The number of rotatable bonds is 4. The Kier molecular flexibility index (Phi) is 4.87. The van der Waals surface area contributed by atoms with Crippen molar-refractivity contribution < 1.29 is 9.53 Å². The van der Waals surface area contributed by atoms with E-state index in [1.54, 1.807) is 0 Å². The average Bonchev–Trinajstić information content (AvgIpc) is 2.86. The Morgan fingerprint density at radius 1 is 1.23 bits per heavy atom. The van der Waals surface area contributed by atoms with Crippen molar-refractivity contribution in [3.8, 4) is 0 Å². The Labute approximate surface area is 137 Å². The van der Waals surface area contributed by atoms with Crippen LogP contribution in [0.3, 0.4) is 0 Å². The van der Waals surface area contributed by atoms with Crippen LogP contribution >= 0.6 is 11.3 Å². The van der Waals surface area contributed by atoms with Crippen LogP contribution in [0.25, 0.3) is 0 Å². The molecule has 2 atom stereocenters. The highest BCUT2D eigenvalue weighted by atomic mass is 32.1. The first-order chi connectivity index (χ1) is 10.0. The smallest absolute Gasteiger partial charge is 0.407 e. The Morgan fingerprint density at radius 3 is 2.45 bits per heavy atom. The Hall–Kier alpha value is -1.07. The topological polar surface area (TPSA) is 50.4 Å². The van der Waals surface area contributed by atoms with Gasteiger partial charge in [0.25, 0.3) is 0 Å². The molecule has 0 spiro atoms. The van der Waals surface area contributed by atoms with E-state index in [2.05, 4.69) is 43.5 Å². The summed E-state index contributed by atoms with van der Waals surface area (Å²) in [6.45, 7) is 13.2. The first kappa shape index (κ1) is 17.3. The summed E-state index contributed by atoms with van der Waals surface area (Å²) in [5.41, 5.74) is -0.231. The van der Waals surface area contributed by atoms with Crippen molar-refractivity contribution in [2.45, 2.75) is 77.6 Å². The lowest BCUT2D eigenvalue weighted by atomic mass is 9.95. The highest BCUT2D eigenvalue weighted by molar-refractivity contribution is 7.12. The molecule has 4 nitrogen and oxygen atoms in total.